The summed E-state index contributed by atoms with van der Waals surface area (Å²) >= 11 is 0. The van der Waals surface area contributed by atoms with E-state index in [1.165, 1.54) is 0 Å². The number of ether oxygens (including phenoxy) is 1. The zero-order valence-corrected chi connectivity index (χ0v) is 18.6. The number of aliphatic hydroxyl groups is 1. The van der Waals surface area contributed by atoms with Crippen molar-refractivity contribution in [2.24, 2.45) is 5.41 Å². The SMILES string of the molecule is O=C(CCC1(CO)COC1)Cn1c(CCCC(F)(F)F)nc(-c2ccc(C(F)(F)F)cc2)cc1=O. The Bertz CT molecular complexity index is 1080. The van der Waals surface area contributed by atoms with E-state index in [-0.39, 0.29) is 48.7 Å². The Kier molecular flexibility index (Phi) is 8.05. The quantitative estimate of drug-likeness (QED) is 0.490. The van der Waals surface area contributed by atoms with E-state index in [1.54, 1.807) is 0 Å². The van der Waals surface area contributed by atoms with Crippen molar-refractivity contribution in [3.63, 3.8) is 0 Å². The third-order valence-corrected chi connectivity index (χ3v) is 5.88. The number of aryl methyl sites for hydroxylation is 1. The molecule has 0 unspecified atom stereocenters. The van der Waals surface area contributed by atoms with Gasteiger partial charge in [0.05, 0.1) is 37.6 Å². The number of nitrogens with zero attached hydrogens (tertiary/aromatic N) is 2. The predicted molar refractivity (Wildman–Crippen MR) is 113 cm³/mol. The van der Waals surface area contributed by atoms with Crippen molar-refractivity contribution in [2.45, 2.75) is 51.0 Å². The summed E-state index contributed by atoms with van der Waals surface area (Å²) in [5.74, 6) is -0.429. The van der Waals surface area contributed by atoms with Gasteiger partial charge in [-0.05, 0) is 25.0 Å². The Balaban J connectivity index is 1.84. The first-order valence-electron chi connectivity index (χ1n) is 10.9. The number of carbonyl (C=O) groups excluding carboxylic acids is 1. The molecule has 1 saturated heterocycles. The molecule has 1 N–H and O–H groups in total. The molecule has 35 heavy (non-hydrogen) atoms. The lowest BCUT2D eigenvalue weighted by Gasteiger charge is -2.39. The summed E-state index contributed by atoms with van der Waals surface area (Å²) in [4.78, 5) is 29.6. The highest BCUT2D eigenvalue weighted by Gasteiger charge is 2.38. The normalized spacial score (nSPS) is 15.6. The van der Waals surface area contributed by atoms with E-state index in [4.69, 9.17) is 4.74 Å². The molecule has 0 atom stereocenters. The first-order chi connectivity index (χ1) is 16.3. The van der Waals surface area contributed by atoms with Gasteiger partial charge in [-0.3, -0.25) is 14.2 Å². The van der Waals surface area contributed by atoms with Gasteiger partial charge in [0.2, 0.25) is 0 Å². The van der Waals surface area contributed by atoms with Gasteiger partial charge in [0.15, 0.2) is 5.78 Å². The second-order valence-electron chi connectivity index (χ2n) is 8.72. The lowest BCUT2D eigenvalue weighted by Crippen LogP contribution is -2.46. The number of hydrogen-bond acceptors (Lipinski definition) is 5. The summed E-state index contributed by atoms with van der Waals surface area (Å²) in [5, 5.41) is 9.48. The number of aromatic nitrogens is 2. The van der Waals surface area contributed by atoms with Crippen LogP contribution < -0.4 is 5.56 Å². The number of halogens is 6. The Morgan fingerprint density at radius 1 is 1.11 bits per heavy atom. The van der Waals surface area contributed by atoms with Gasteiger partial charge in [-0.15, -0.1) is 0 Å². The summed E-state index contributed by atoms with van der Waals surface area (Å²) in [6.07, 6.45) is -10.4. The zero-order valence-electron chi connectivity index (χ0n) is 18.6. The third-order valence-electron chi connectivity index (χ3n) is 5.88. The molecule has 1 aliphatic heterocycles. The maximum Gasteiger partial charge on any atom is 0.416 e. The van der Waals surface area contributed by atoms with Crippen LogP contribution in [0.25, 0.3) is 11.3 Å². The van der Waals surface area contributed by atoms with Crippen LogP contribution in [0.3, 0.4) is 0 Å². The molecule has 0 aliphatic carbocycles. The highest BCUT2D eigenvalue weighted by Crippen LogP contribution is 2.32. The predicted octanol–water partition coefficient (Wildman–Crippen LogP) is 4.17. The fourth-order valence-corrected chi connectivity index (χ4v) is 3.70. The van der Waals surface area contributed by atoms with Crippen LogP contribution in [0.4, 0.5) is 26.3 Å². The van der Waals surface area contributed by atoms with E-state index in [0.717, 1.165) is 34.9 Å². The van der Waals surface area contributed by atoms with Crippen molar-refractivity contribution >= 4 is 5.78 Å². The monoisotopic (exact) mass is 506 g/mol. The standard InChI is InChI=1S/C23H24F6N2O4/c24-22(25,26)8-1-2-19-30-18(15-3-5-16(6-4-15)23(27,28)29)10-20(34)31(19)11-17(33)7-9-21(12-32)13-35-14-21/h3-6,10,32H,1-2,7-9,11-14H2. The lowest BCUT2D eigenvalue weighted by molar-refractivity contribution is -0.145. The minimum Gasteiger partial charge on any atom is -0.396 e. The van der Waals surface area contributed by atoms with Crippen molar-refractivity contribution in [2.75, 3.05) is 19.8 Å². The minimum atomic E-state index is -4.56. The highest BCUT2D eigenvalue weighted by molar-refractivity contribution is 5.78. The fourth-order valence-electron chi connectivity index (χ4n) is 3.70. The van der Waals surface area contributed by atoms with E-state index < -0.39 is 41.9 Å². The molecular weight excluding hydrogens is 482 g/mol. The van der Waals surface area contributed by atoms with Crippen LogP contribution in [0, 0.1) is 5.41 Å². The summed E-state index contributed by atoms with van der Waals surface area (Å²) in [5.41, 5.74) is -1.93. The van der Waals surface area contributed by atoms with Gasteiger partial charge in [-0.2, -0.15) is 26.3 Å². The number of ketones is 1. The topological polar surface area (TPSA) is 81.4 Å². The van der Waals surface area contributed by atoms with Gasteiger partial charge in [-0.25, -0.2) is 4.98 Å². The maximum absolute atomic E-state index is 12.8. The molecule has 192 valence electrons. The van der Waals surface area contributed by atoms with E-state index in [1.807, 2.05) is 0 Å². The van der Waals surface area contributed by atoms with E-state index in [2.05, 4.69) is 4.98 Å². The van der Waals surface area contributed by atoms with E-state index in [0.29, 0.717) is 19.6 Å². The van der Waals surface area contributed by atoms with Gasteiger partial charge in [-0.1, -0.05) is 12.1 Å². The molecule has 2 heterocycles. The van der Waals surface area contributed by atoms with E-state index in [9.17, 15) is 41.0 Å². The lowest BCUT2D eigenvalue weighted by atomic mass is 9.81. The van der Waals surface area contributed by atoms with Crippen LogP contribution in [0.1, 0.15) is 37.1 Å². The molecule has 0 radical (unpaired) electrons. The van der Waals surface area contributed by atoms with Crippen LogP contribution in [-0.2, 0) is 28.7 Å². The van der Waals surface area contributed by atoms with Gasteiger partial charge in [0, 0.05) is 36.3 Å². The summed E-state index contributed by atoms with van der Waals surface area (Å²) in [7, 11) is 0. The number of aliphatic hydroxyl groups excluding tert-OH is 1. The molecule has 1 aliphatic rings. The van der Waals surface area contributed by atoms with Gasteiger partial charge in [0.1, 0.15) is 5.82 Å². The molecule has 2 aromatic rings. The van der Waals surface area contributed by atoms with E-state index >= 15 is 0 Å². The largest absolute Gasteiger partial charge is 0.416 e. The average molecular weight is 506 g/mol. The van der Waals surface area contributed by atoms with Crippen LogP contribution >= 0.6 is 0 Å². The molecule has 0 bridgehead atoms. The molecule has 0 spiro atoms. The number of hydrogen-bond donors (Lipinski definition) is 1. The molecule has 3 rings (SSSR count). The van der Waals surface area contributed by atoms with Crippen molar-refractivity contribution in [1.82, 2.24) is 9.55 Å². The molecule has 0 saturated carbocycles. The Labute approximate surface area is 196 Å². The molecule has 6 nitrogen and oxygen atoms in total. The first-order valence-corrected chi connectivity index (χ1v) is 10.9. The highest BCUT2D eigenvalue weighted by atomic mass is 19.4. The van der Waals surface area contributed by atoms with Gasteiger partial charge in [0.25, 0.3) is 5.56 Å². The molecule has 1 fully saturated rings. The smallest absolute Gasteiger partial charge is 0.396 e. The summed E-state index contributed by atoms with van der Waals surface area (Å²) in [6, 6.07) is 4.91. The molecule has 0 amide bonds. The van der Waals surface area contributed by atoms with Crippen molar-refractivity contribution in [3.8, 4) is 11.3 Å². The van der Waals surface area contributed by atoms with Crippen molar-refractivity contribution in [3.05, 3.63) is 52.1 Å². The second-order valence-corrected chi connectivity index (χ2v) is 8.72. The molecule has 1 aromatic heterocycles. The second kappa shape index (κ2) is 10.5. The van der Waals surface area contributed by atoms with Crippen molar-refractivity contribution < 1.29 is 41.0 Å². The minimum absolute atomic E-state index is 0.000261. The number of benzene rings is 1. The maximum atomic E-state index is 12.8. The fraction of sp³-hybridized carbons (Fsp3) is 0.522. The zero-order chi connectivity index (χ0) is 25.9. The summed E-state index contributed by atoms with van der Waals surface area (Å²) in [6.45, 7) is 0.0424. The number of carbonyl (C=O) groups is 1. The van der Waals surface area contributed by atoms with Gasteiger partial charge < -0.3 is 9.84 Å². The van der Waals surface area contributed by atoms with Crippen LogP contribution in [0.2, 0.25) is 0 Å². The first kappa shape index (κ1) is 26.9. The molecule has 12 heteroatoms. The van der Waals surface area contributed by atoms with Crippen molar-refractivity contribution in [1.29, 1.82) is 0 Å². The number of Topliss-reactive ketones (excluding diaryl/α,β-unsaturated/α-hetero) is 1. The average Bonchev–Trinajstić information content (AvgIpc) is 2.74. The Morgan fingerprint density at radius 3 is 2.29 bits per heavy atom. The summed E-state index contributed by atoms with van der Waals surface area (Å²) < 4.78 is 82.5. The van der Waals surface area contributed by atoms with Gasteiger partial charge >= 0.3 is 12.4 Å². The van der Waals surface area contributed by atoms with Crippen LogP contribution in [0.15, 0.2) is 35.1 Å². The van der Waals surface area contributed by atoms with Crippen LogP contribution in [0.5, 0.6) is 0 Å². The third kappa shape index (κ3) is 7.14. The molecular formula is C23H24F6N2O4. The molecule has 1 aromatic carbocycles. The van der Waals surface area contributed by atoms with Crippen LogP contribution in [-0.4, -0.2) is 46.4 Å². The number of rotatable bonds is 10. The Hall–Kier alpha value is -2.73. The Morgan fingerprint density at radius 2 is 1.77 bits per heavy atom. The number of alkyl halides is 6.